The van der Waals surface area contributed by atoms with Gasteiger partial charge in [-0.15, -0.1) is 5.10 Å². The molecule has 0 fully saturated rings. The molecule has 0 saturated heterocycles. The van der Waals surface area contributed by atoms with Crippen LogP contribution in [0.4, 0.5) is 0 Å². The normalized spacial score (nSPS) is 9.00. The average molecular weight is 127 g/mol. The summed E-state index contributed by atoms with van der Waals surface area (Å²) >= 11 is 0. The molecule has 1 aromatic heterocycles. The minimum atomic E-state index is 0.293. The molecule has 0 aliphatic rings. The van der Waals surface area contributed by atoms with Gasteiger partial charge in [-0.3, -0.25) is 4.79 Å². The summed E-state index contributed by atoms with van der Waals surface area (Å²) in [6.45, 7) is 1.97. The third-order valence-corrected chi connectivity index (χ3v) is 0.821. The lowest BCUT2D eigenvalue weighted by Crippen LogP contribution is -2.12. The first-order chi connectivity index (χ1) is 4.34. The van der Waals surface area contributed by atoms with E-state index in [-0.39, 0.29) is 0 Å². The Labute approximate surface area is 51.2 Å². The molecular formula is C4H5N3O2. The van der Waals surface area contributed by atoms with Gasteiger partial charge in [-0.1, -0.05) is 4.85 Å². The van der Waals surface area contributed by atoms with Crippen LogP contribution in [0.1, 0.15) is 5.82 Å². The van der Waals surface area contributed by atoms with Gasteiger partial charge in [-0.2, -0.15) is 0 Å². The van der Waals surface area contributed by atoms with Crippen LogP contribution in [-0.2, 0) is 4.79 Å². The molecule has 0 spiro atoms. The van der Waals surface area contributed by atoms with Crippen molar-refractivity contribution in [1.82, 2.24) is 14.9 Å². The van der Waals surface area contributed by atoms with E-state index in [1.54, 1.807) is 6.92 Å². The molecule has 5 heteroatoms. The molecule has 0 N–H and O–H groups in total. The van der Waals surface area contributed by atoms with Gasteiger partial charge in [0.15, 0.2) is 5.82 Å². The van der Waals surface area contributed by atoms with E-state index in [2.05, 4.69) is 14.9 Å². The highest BCUT2D eigenvalue weighted by atomic mass is 16.7. The summed E-state index contributed by atoms with van der Waals surface area (Å²) in [6, 6.07) is 0. The first kappa shape index (κ1) is 5.74. The third-order valence-electron chi connectivity index (χ3n) is 0.821. The molecule has 9 heavy (non-hydrogen) atoms. The zero-order valence-corrected chi connectivity index (χ0v) is 4.81. The molecule has 0 aliphatic carbocycles. The van der Waals surface area contributed by atoms with Crippen molar-refractivity contribution < 1.29 is 9.63 Å². The summed E-state index contributed by atoms with van der Waals surface area (Å²) in [6.07, 6.45) is 1.30. The van der Waals surface area contributed by atoms with Crippen molar-refractivity contribution in [3.8, 4) is 0 Å². The Morgan fingerprint density at radius 2 is 2.67 bits per heavy atom. The summed E-state index contributed by atoms with van der Waals surface area (Å²) in [5.41, 5.74) is 0. The van der Waals surface area contributed by atoms with Crippen LogP contribution in [0.2, 0.25) is 0 Å². The average Bonchev–Trinajstić information content (AvgIpc) is 2.18. The summed E-state index contributed by atoms with van der Waals surface area (Å²) in [5.74, 6) is 0.544. The molecule has 0 unspecified atom stereocenters. The zero-order valence-electron chi connectivity index (χ0n) is 4.81. The van der Waals surface area contributed by atoms with Crippen LogP contribution in [0, 0.1) is 6.92 Å². The van der Waals surface area contributed by atoms with Gasteiger partial charge >= 0.3 is 6.47 Å². The molecule has 1 rings (SSSR count). The van der Waals surface area contributed by atoms with Crippen LogP contribution in [0.15, 0.2) is 6.33 Å². The van der Waals surface area contributed by atoms with Gasteiger partial charge in [0.05, 0.1) is 0 Å². The smallest absolute Gasteiger partial charge is 0.321 e. The molecule has 1 heterocycles. The molecule has 5 nitrogen and oxygen atoms in total. The van der Waals surface area contributed by atoms with Crippen LogP contribution in [0.5, 0.6) is 0 Å². The first-order valence-corrected chi connectivity index (χ1v) is 2.32. The van der Waals surface area contributed by atoms with E-state index < -0.39 is 0 Å². The van der Waals surface area contributed by atoms with Crippen molar-refractivity contribution in [1.29, 1.82) is 0 Å². The van der Waals surface area contributed by atoms with E-state index in [0.29, 0.717) is 12.3 Å². The van der Waals surface area contributed by atoms with E-state index in [9.17, 15) is 4.79 Å². The van der Waals surface area contributed by atoms with Crippen molar-refractivity contribution >= 4 is 6.47 Å². The van der Waals surface area contributed by atoms with Crippen molar-refractivity contribution in [3.63, 3.8) is 0 Å². The second-order valence-electron chi connectivity index (χ2n) is 1.38. The Bertz CT molecular complexity index is 207. The molecule has 0 bridgehead atoms. The van der Waals surface area contributed by atoms with Crippen LogP contribution < -0.4 is 4.84 Å². The van der Waals surface area contributed by atoms with Gasteiger partial charge in [-0.05, 0) is 6.92 Å². The molecule has 0 saturated carbocycles. The highest BCUT2D eigenvalue weighted by Crippen LogP contribution is 1.83. The molecule has 0 aromatic carbocycles. The number of aryl methyl sites for hydroxylation is 1. The lowest BCUT2D eigenvalue weighted by atomic mass is 10.8. The maximum atomic E-state index is 9.71. The topological polar surface area (TPSA) is 57.0 Å². The van der Waals surface area contributed by atoms with E-state index in [1.807, 2.05) is 0 Å². The second-order valence-corrected chi connectivity index (χ2v) is 1.38. The quantitative estimate of drug-likeness (QED) is 0.486. The molecule has 0 amide bonds. The Hall–Kier alpha value is -1.39. The Balaban J connectivity index is 2.80. The fourth-order valence-corrected chi connectivity index (χ4v) is 0.433. The summed E-state index contributed by atoms with van der Waals surface area (Å²) in [7, 11) is 0. The highest BCUT2D eigenvalue weighted by Gasteiger charge is 1.94. The fraction of sp³-hybridized carbons (Fsp3) is 0.250. The third kappa shape index (κ3) is 1.04. The number of carbonyl (C=O) groups excluding carboxylic acids is 1. The molecule has 48 valence electrons. The number of hydrogen-bond donors (Lipinski definition) is 0. The van der Waals surface area contributed by atoms with Crippen LogP contribution in [0.3, 0.4) is 0 Å². The molecule has 1 aromatic rings. The predicted octanol–water partition coefficient (Wildman–Crippen LogP) is -0.828. The standard InChI is InChI=1S/C4H5N3O2/c1-4-5-2-6-7(4)9-3-8/h2-3H,1H3. The largest absolute Gasteiger partial charge is 0.323 e. The fourth-order valence-electron chi connectivity index (χ4n) is 0.433. The maximum absolute atomic E-state index is 9.71. The number of aromatic nitrogens is 3. The predicted molar refractivity (Wildman–Crippen MR) is 27.4 cm³/mol. The Kier molecular flexibility index (Phi) is 1.44. The van der Waals surface area contributed by atoms with Gasteiger partial charge < -0.3 is 4.84 Å². The molecule has 0 atom stereocenters. The van der Waals surface area contributed by atoms with Crippen molar-refractivity contribution in [2.24, 2.45) is 0 Å². The zero-order chi connectivity index (χ0) is 6.69. The molecular weight excluding hydrogens is 122 g/mol. The van der Waals surface area contributed by atoms with Gasteiger partial charge in [-0.25, -0.2) is 4.98 Å². The van der Waals surface area contributed by atoms with Crippen molar-refractivity contribution in [2.45, 2.75) is 6.92 Å². The summed E-state index contributed by atoms with van der Waals surface area (Å²) < 4.78 is 0. The van der Waals surface area contributed by atoms with Gasteiger partial charge in [0, 0.05) is 0 Å². The lowest BCUT2D eigenvalue weighted by molar-refractivity contribution is -0.130. The monoisotopic (exact) mass is 127 g/mol. The number of carbonyl (C=O) groups is 1. The highest BCUT2D eigenvalue weighted by molar-refractivity contribution is 5.37. The Morgan fingerprint density at radius 1 is 1.89 bits per heavy atom. The lowest BCUT2D eigenvalue weighted by Gasteiger charge is -1.93. The van der Waals surface area contributed by atoms with Crippen LogP contribution >= 0.6 is 0 Å². The maximum Gasteiger partial charge on any atom is 0.323 e. The van der Waals surface area contributed by atoms with Crippen LogP contribution in [-0.4, -0.2) is 21.4 Å². The van der Waals surface area contributed by atoms with E-state index in [4.69, 9.17) is 0 Å². The number of rotatable bonds is 2. The van der Waals surface area contributed by atoms with Gasteiger partial charge in [0.25, 0.3) is 0 Å². The summed E-state index contributed by atoms with van der Waals surface area (Å²) in [4.78, 5) is 18.8. The van der Waals surface area contributed by atoms with E-state index in [1.165, 1.54) is 6.33 Å². The second kappa shape index (κ2) is 2.25. The van der Waals surface area contributed by atoms with E-state index >= 15 is 0 Å². The SMILES string of the molecule is Cc1ncnn1OC=O. The number of nitrogens with zero attached hydrogens (tertiary/aromatic N) is 3. The minimum absolute atomic E-state index is 0.293. The van der Waals surface area contributed by atoms with Crippen molar-refractivity contribution in [2.75, 3.05) is 0 Å². The molecule has 0 radical (unpaired) electrons. The van der Waals surface area contributed by atoms with Gasteiger partial charge in [0.2, 0.25) is 0 Å². The number of hydrogen-bond acceptors (Lipinski definition) is 4. The Morgan fingerprint density at radius 3 is 3.11 bits per heavy atom. The van der Waals surface area contributed by atoms with E-state index in [0.717, 1.165) is 4.85 Å². The van der Waals surface area contributed by atoms with Gasteiger partial charge in [0.1, 0.15) is 6.33 Å². The minimum Gasteiger partial charge on any atom is -0.321 e. The first-order valence-electron chi connectivity index (χ1n) is 2.32. The molecule has 0 aliphatic heterocycles. The van der Waals surface area contributed by atoms with Crippen molar-refractivity contribution in [3.05, 3.63) is 12.2 Å². The van der Waals surface area contributed by atoms with Crippen LogP contribution in [0.25, 0.3) is 0 Å². The summed E-state index contributed by atoms with van der Waals surface area (Å²) in [5, 5.41) is 3.56.